The monoisotopic (exact) mass is 541 g/mol. The minimum absolute atomic E-state index is 0.000578. The molecule has 6 nitrogen and oxygen atoms in total. The Labute approximate surface area is 224 Å². The number of aryl methyl sites for hydroxylation is 1. The lowest BCUT2D eigenvalue weighted by molar-refractivity contribution is -0.138. The molecule has 2 heterocycles. The van der Waals surface area contributed by atoms with Gasteiger partial charge in [0.1, 0.15) is 18.3 Å². The Bertz CT molecular complexity index is 1410. The fourth-order valence-electron chi connectivity index (χ4n) is 6.18. The molecule has 3 aromatic rings. The van der Waals surface area contributed by atoms with Gasteiger partial charge in [-0.15, -0.1) is 10.2 Å². The Morgan fingerprint density at radius 3 is 2.56 bits per heavy atom. The van der Waals surface area contributed by atoms with Gasteiger partial charge in [0, 0.05) is 36.3 Å². The first-order chi connectivity index (χ1) is 18.5. The molecule has 1 amide bonds. The van der Waals surface area contributed by atoms with E-state index in [0.717, 1.165) is 24.8 Å². The van der Waals surface area contributed by atoms with Crippen LogP contribution in [0.3, 0.4) is 0 Å². The topological polar surface area (TPSA) is 63.1 Å². The summed E-state index contributed by atoms with van der Waals surface area (Å²) in [6.07, 6.45) is 0.0172. The second-order valence-electron chi connectivity index (χ2n) is 11.5. The van der Waals surface area contributed by atoms with E-state index in [-0.39, 0.29) is 41.6 Å². The number of amides is 1. The first kappa shape index (κ1) is 26.0. The van der Waals surface area contributed by atoms with E-state index in [1.165, 1.54) is 11.0 Å². The van der Waals surface area contributed by atoms with Crippen molar-refractivity contribution in [3.05, 3.63) is 76.4 Å². The number of rotatable bonds is 7. The Hall–Kier alpha value is -3.27. The second kappa shape index (κ2) is 9.43. The lowest BCUT2D eigenvalue weighted by Crippen LogP contribution is -2.47. The van der Waals surface area contributed by atoms with Crippen LogP contribution in [0.2, 0.25) is 0 Å². The number of hydrogen-bond acceptors (Lipinski definition) is 4. The zero-order valence-corrected chi connectivity index (χ0v) is 21.9. The zero-order chi connectivity index (χ0) is 27.5. The average molecular weight is 542 g/mol. The van der Waals surface area contributed by atoms with Crippen LogP contribution in [-0.4, -0.2) is 32.4 Å². The molecule has 206 valence electrons. The molecule has 2 saturated carbocycles. The molecule has 0 bridgehead atoms. The molecule has 2 aromatic carbocycles. The van der Waals surface area contributed by atoms with E-state index in [2.05, 4.69) is 22.4 Å². The number of hydrogen-bond donors (Lipinski definition) is 1. The SMILES string of the molecule is Cn1cnnc1C(c1cccc(N2Cc3c(cc(CNC4(C)CCC4)cc3C(F)(F)F)C2=O)c1)C1CC(F)C1. The molecule has 0 spiro atoms. The molecule has 1 N–H and O–H groups in total. The Morgan fingerprint density at radius 2 is 1.95 bits per heavy atom. The zero-order valence-electron chi connectivity index (χ0n) is 21.9. The summed E-state index contributed by atoms with van der Waals surface area (Å²) in [6.45, 7) is 2.18. The van der Waals surface area contributed by atoms with Crippen LogP contribution in [-0.2, 0) is 26.3 Å². The highest BCUT2D eigenvalue weighted by molar-refractivity contribution is 6.10. The molecular weight excluding hydrogens is 510 g/mol. The number of carbonyl (C=O) groups is 1. The van der Waals surface area contributed by atoms with Crippen LogP contribution >= 0.6 is 0 Å². The highest BCUT2D eigenvalue weighted by atomic mass is 19.4. The van der Waals surface area contributed by atoms with Gasteiger partial charge >= 0.3 is 6.18 Å². The van der Waals surface area contributed by atoms with Crippen molar-refractivity contribution < 1.29 is 22.4 Å². The van der Waals surface area contributed by atoms with Crippen molar-refractivity contribution in [2.75, 3.05) is 4.90 Å². The van der Waals surface area contributed by atoms with Gasteiger partial charge < -0.3 is 14.8 Å². The molecule has 1 unspecified atom stereocenters. The van der Waals surface area contributed by atoms with Crippen molar-refractivity contribution in [3.8, 4) is 0 Å². The molecule has 39 heavy (non-hydrogen) atoms. The predicted molar refractivity (Wildman–Crippen MR) is 138 cm³/mol. The van der Waals surface area contributed by atoms with Crippen LogP contribution in [0.25, 0.3) is 0 Å². The molecule has 10 heteroatoms. The second-order valence-corrected chi connectivity index (χ2v) is 11.5. The molecule has 0 saturated heterocycles. The minimum atomic E-state index is -4.58. The Kier molecular flexibility index (Phi) is 6.28. The molecule has 2 fully saturated rings. The molecule has 1 atom stereocenters. The maximum atomic E-state index is 14.2. The van der Waals surface area contributed by atoms with Crippen molar-refractivity contribution in [2.24, 2.45) is 13.0 Å². The summed E-state index contributed by atoms with van der Waals surface area (Å²) in [5, 5.41) is 11.6. The fraction of sp³-hybridized carbons (Fsp3) is 0.483. The van der Waals surface area contributed by atoms with Crippen molar-refractivity contribution >= 4 is 11.6 Å². The number of alkyl halides is 4. The summed E-state index contributed by atoms with van der Waals surface area (Å²) >= 11 is 0. The van der Waals surface area contributed by atoms with E-state index >= 15 is 0 Å². The van der Waals surface area contributed by atoms with Crippen LogP contribution in [0.4, 0.5) is 23.2 Å². The highest BCUT2D eigenvalue weighted by Crippen LogP contribution is 2.45. The van der Waals surface area contributed by atoms with Gasteiger partial charge in [0.25, 0.3) is 5.91 Å². The van der Waals surface area contributed by atoms with Gasteiger partial charge in [-0.3, -0.25) is 4.79 Å². The van der Waals surface area contributed by atoms with Gasteiger partial charge in [0.05, 0.1) is 12.1 Å². The number of benzene rings is 2. The predicted octanol–water partition coefficient (Wildman–Crippen LogP) is 5.91. The summed E-state index contributed by atoms with van der Waals surface area (Å²) in [5.74, 6) is 0.0265. The van der Waals surface area contributed by atoms with Gasteiger partial charge in [-0.2, -0.15) is 13.2 Å². The fourth-order valence-corrected chi connectivity index (χ4v) is 6.18. The quantitative estimate of drug-likeness (QED) is 0.378. The Morgan fingerprint density at radius 1 is 1.18 bits per heavy atom. The van der Waals surface area contributed by atoms with E-state index in [4.69, 9.17) is 0 Å². The van der Waals surface area contributed by atoms with E-state index in [0.29, 0.717) is 29.9 Å². The molecule has 3 aliphatic rings. The largest absolute Gasteiger partial charge is 0.416 e. The highest BCUT2D eigenvalue weighted by Gasteiger charge is 2.42. The van der Waals surface area contributed by atoms with Crippen molar-refractivity contribution in [3.63, 3.8) is 0 Å². The van der Waals surface area contributed by atoms with E-state index in [1.807, 2.05) is 19.2 Å². The van der Waals surface area contributed by atoms with Gasteiger partial charge in [0.2, 0.25) is 0 Å². The number of halogens is 4. The number of carbonyl (C=O) groups excluding carboxylic acids is 1. The number of anilines is 1. The van der Waals surface area contributed by atoms with Gasteiger partial charge in [-0.25, -0.2) is 4.39 Å². The van der Waals surface area contributed by atoms with Gasteiger partial charge in [-0.1, -0.05) is 12.1 Å². The third-order valence-corrected chi connectivity index (χ3v) is 8.74. The molecule has 1 aliphatic heterocycles. The average Bonchev–Trinajstić information content (AvgIpc) is 3.43. The van der Waals surface area contributed by atoms with Crippen LogP contribution < -0.4 is 10.2 Å². The first-order valence-corrected chi connectivity index (χ1v) is 13.4. The van der Waals surface area contributed by atoms with Crippen LogP contribution in [0.5, 0.6) is 0 Å². The smallest absolute Gasteiger partial charge is 0.320 e. The molecular formula is C29H31F4N5O. The molecule has 1 aromatic heterocycles. The lowest BCUT2D eigenvalue weighted by Gasteiger charge is -2.39. The molecule has 0 radical (unpaired) electrons. The van der Waals surface area contributed by atoms with Crippen LogP contribution in [0.1, 0.15) is 83.4 Å². The summed E-state index contributed by atoms with van der Waals surface area (Å²) in [7, 11) is 1.83. The van der Waals surface area contributed by atoms with Crippen molar-refractivity contribution in [1.82, 2.24) is 20.1 Å². The maximum Gasteiger partial charge on any atom is 0.416 e. The normalized spacial score (nSPS) is 22.8. The Balaban J connectivity index is 1.33. The van der Waals surface area contributed by atoms with E-state index < -0.39 is 23.8 Å². The number of nitrogens with one attached hydrogen (secondary N) is 1. The number of fused-ring (bicyclic) bond motifs is 1. The lowest BCUT2D eigenvalue weighted by atomic mass is 9.71. The third-order valence-electron chi connectivity index (χ3n) is 8.74. The number of aromatic nitrogens is 3. The molecule has 6 rings (SSSR count). The summed E-state index contributed by atoms with van der Waals surface area (Å²) in [4.78, 5) is 15.0. The first-order valence-electron chi connectivity index (χ1n) is 13.4. The summed E-state index contributed by atoms with van der Waals surface area (Å²) < 4.78 is 58.1. The number of nitrogens with zero attached hydrogens (tertiary/aromatic N) is 4. The van der Waals surface area contributed by atoms with E-state index in [1.54, 1.807) is 29.1 Å². The third kappa shape index (κ3) is 4.73. The van der Waals surface area contributed by atoms with Crippen LogP contribution in [0, 0.1) is 5.92 Å². The summed E-state index contributed by atoms with van der Waals surface area (Å²) in [5.41, 5.74) is 1.05. The van der Waals surface area contributed by atoms with Crippen LogP contribution in [0.15, 0.2) is 42.7 Å². The standard InChI is InChI=1S/C29H31F4N5O/c1-28(7-4-8-28)34-14-17-9-22-23(24(10-17)29(31,32)33)15-38(27(22)39)21-6-3-5-18(13-21)25(19-11-20(30)12-19)26-36-35-16-37(26)2/h3,5-6,9-10,13,16,19-20,25,34H,4,7-8,11-12,14-15H2,1-2H3. The molecule has 2 aliphatic carbocycles. The van der Waals surface area contributed by atoms with Crippen molar-refractivity contribution in [1.29, 1.82) is 0 Å². The van der Waals surface area contributed by atoms with Gasteiger partial charge in [-0.05, 0) is 85.9 Å². The van der Waals surface area contributed by atoms with Crippen molar-refractivity contribution in [2.45, 2.75) is 75.9 Å². The van der Waals surface area contributed by atoms with Gasteiger partial charge in [0.15, 0.2) is 0 Å². The minimum Gasteiger partial charge on any atom is -0.320 e. The van der Waals surface area contributed by atoms with E-state index in [9.17, 15) is 22.4 Å². The summed E-state index contributed by atoms with van der Waals surface area (Å²) in [6, 6.07) is 10.0. The maximum absolute atomic E-state index is 14.2.